The molecule has 4 rings (SSSR count). The molecule has 12 heteroatoms. The lowest BCUT2D eigenvalue weighted by Gasteiger charge is -2.03. The van der Waals surface area contributed by atoms with E-state index in [0.717, 1.165) is 6.08 Å². The van der Waals surface area contributed by atoms with Crippen LogP contribution in [0.4, 0.5) is 11.4 Å². The Labute approximate surface area is 202 Å². The summed E-state index contributed by atoms with van der Waals surface area (Å²) in [6.45, 7) is 0. The molecular weight excluding hydrogens is 472 g/mol. The number of nitro groups is 2. The number of nitro benzene ring substituents is 2. The Balaban J connectivity index is 1.34. The van der Waals surface area contributed by atoms with Crippen LogP contribution in [0, 0.1) is 20.2 Å². The van der Waals surface area contributed by atoms with Crippen LogP contribution < -0.4 is 10.9 Å². The molecular formula is C24H16N4O8. The van der Waals surface area contributed by atoms with Crippen molar-refractivity contribution in [2.24, 2.45) is 0 Å². The van der Waals surface area contributed by atoms with Gasteiger partial charge in [0, 0.05) is 41.5 Å². The lowest BCUT2D eigenvalue weighted by molar-refractivity contribution is -0.385. The molecule has 0 spiro atoms. The Hall–Kier alpha value is -5.52. The Morgan fingerprint density at radius 2 is 1.33 bits per heavy atom. The zero-order valence-corrected chi connectivity index (χ0v) is 18.2. The van der Waals surface area contributed by atoms with Gasteiger partial charge in [-0.05, 0) is 30.3 Å². The Morgan fingerprint density at radius 3 is 1.94 bits per heavy atom. The maximum atomic E-state index is 12.3. The molecule has 36 heavy (non-hydrogen) atoms. The third-order valence-electron chi connectivity index (χ3n) is 4.84. The molecule has 2 aromatic carbocycles. The van der Waals surface area contributed by atoms with E-state index in [4.69, 9.17) is 8.83 Å². The van der Waals surface area contributed by atoms with Crippen molar-refractivity contribution >= 4 is 29.3 Å². The highest BCUT2D eigenvalue weighted by atomic mass is 16.6. The zero-order chi connectivity index (χ0) is 25.7. The molecule has 0 fully saturated rings. The minimum Gasteiger partial charge on any atom is -0.457 e. The predicted molar refractivity (Wildman–Crippen MR) is 126 cm³/mol. The number of hydrogen-bond donors (Lipinski definition) is 2. The monoisotopic (exact) mass is 488 g/mol. The third-order valence-corrected chi connectivity index (χ3v) is 4.84. The summed E-state index contributed by atoms with van der Waals surface area (Å²) in [5, 5.41) is 21.9. The molecule has 12 nitrogen and oxygen atoms in total. The first-order chi connectivity index (χ1) is 17.3. The largest absolute Gasteiger partial charge is 0.457 e. The number of benzene rings is 2. The van der Waals surface area contributed by atoms with Crippen molar-refractivity contribution in [3.05, 3.63) is 111 Å². The number of amides is 2. The number of carbonyl (C=O) groups is 2. The van der Waals surface area contributed by atoms with E-state index in [1.54, 1.807) is 24.3 Å². The first-order valence-corrected chi connectivity index (χ1v) is 10.3. The van der Waals surface area contributed by atoms with Gasteiger partial charge < -0.3 is 8.83 Å². The number of nitrogens with zero attached hydrogens (tertiary/aromatic N) is 2. The summed E-state index contributed by atoms with van der Waals surface area (Å²) in [5.74, 6) is -0.586. The van der Waals surface area contributed by atoms with Gasteiger partial charge in [0.2, 0.25) is 0 Å². The topological polar surface area (TPSA) is 171 Å². The Kier molecular flexibility index (Phi) is 6.68. The van der Waals surface area contributed by atoms with Crippen molar-refractivity contribution < 1.29 is 28.3 Å². The van der Waals surface area contributed by atoms with Gasteiger partial charge >= 0.3 is 5.91 Å². The summed E-state index contributed by atoms with van der Waals surface area (Å²) in [6, 6.07) is 17.7. The SMILES string of the molecule is O=C(/C=C/c1ccc(-c2cccc([N+](=O)[O-])c2)o1)NNC(=O)c1ccc(-c2cccc([N+](=O)[O-])c2)o1. The standard InChI is InChI=1S/C24H16N4O8/c29-23(12-8-19-7-9-20(35-19)15-3-1-5-17(13-15)27(31)32)25-26-24(30)22-11-10-21(36-22)16-4-2-6-18(14-16)28(33)34/h1-14H,(H,25,29)(H,26,30)/b12-8+. The van der Waals surface area contributed by atoms with E-state index in [9.17, 15) is 29.8 Å². The maximum Gasteiger partial charge on any atom is 0.305 e. The maximum absolute atomic E-state index is 12.3. The quantitative estimate of drug-likeness (QED) is 0.217. The lowest BCUT2D eigenvalue weighted by atomic mass is 10.1. The molecule has 2 N–H and O–H groups in total. The van der Waals surface area contributed by atoms with Crippen LogP contribution in [-0.2, 0) is 4.79 Å². The fourth-order valence-corrected chi connectivity index (χ4v) is 3.14. The number of non-ortho nitro benzene ring substituents is 2. The fourth-order valence-electron chi connectivity index (χ4n) is 3.14. The van der Waals surface area contributed by atoms with Crippen LogP contribution in [0.1, 0.15) is 16.3 Å². The molecule has 0 aliphatic carbocycles. The van der Waals surface area contributed by atoms with Crippen molar-refractivity contribution in [1.29, 1.82) is 0 Å². The highest BCUT2D eigenvalue weighted by molar-refractivity contribution is 5.96. The first kappa shape index (κ1) is 23.6. The number of nitrogens with one attached hydrogen (secondary N) is 2. The second-order valence-electron chi connectivity index (χ2n) is 7.26. The molecule has 0 aliphatic heterocycles. The van der Waals surface area contributed by atoms with Crippen molar-refractivity contribution in [2.45, 2.75) is 0 Å². The molecule has 0 saturated carbocycles. The minimum absolute atomic E-state index is 0.0788. The molecule has 4 aromatic rings. The van der Waals surface area contributed by atoms with E-state index in [-0.39, 0.29) is 22.9 Å². The van der Waals surface area contributed by atoms with E-state index >= 15 is 0 Å². The van der Waals surface area contributed by atoms with Gasteiger partial charge in [0.05, 0.1) is 9.85 Å². The summed E-state index contributed by atoms with van der Waals surface area (Å²) in [4.78, 5) is 45.1. The number of furan rings is 2. The lowest BCUT2D eigenvalue weighted by Crippen LogP contribution is -2.40. The van der Waals surface area contributed by atoms with E-state index in [1.165, 1.54) is 54.6 Å². The van der Waals surface area contributed by atoms with Crippen molar-refractivity contribution in [3.8, 4) is 22.6 Å². The van der Waals surface area contributed by atoms with Gasteiger partial charge in [0.15, 0.2) is 5.76 Å². The Morgan fingerprint density at radius 1 is 0.750 bits per heavy atom. The molecule has 0 aliphatic rings. The van der Waals surface area contributed by atoms with Crippen molar-refractivity contribution in [3.63, 3.8) is 0 Å². The number of hydrogen-bond acceptors (Lipinski definition) is 8. The fraction of sp³-hybridized carbons (Fsp3) is 0. The molecule has 2 aromatic heterocycles. The molecule has 180 valence electrons. The average Bonchev–Trinajstić information content (AvgIpc) is 3.56. The molecule has 2 heterocycles. The second-order valence-corrected chi connectivity index (χ2v) is 7.26. The number of carbonyl (C=O) groups excluding carboxylic acids is 2. The molecule has 0 unspecified atom stereocenters. The molecule has 0 bridgehead atoms. The summed E-state index contributed by atoms with van der Waals surface area (Å²) in [7, 11) is 0. The van der Waals surface area contributed by atoms with Crippen LogP contribution in [0.25, 0.3) is 28.7 Å². The smallest absolute Gasteiger partial charge is 0.305 e. The average molecular weight is 488 g/mol. The number of rotatable bonds is 7. The van der Waals surface area contributed by atoms with E-state index in [1.807, 2.05) is 0 Å². The van der Waals surface area contributed by atoms with Crippen molar-refractivity contribution in [2.75, 3.05) is 0 Å². The van der Waals surface area contributed by atoms with Gasteiger partial charge in [-0.3, -0.25) is 40.7 Å². The number of hydrazine groups is 1. The van der Waals surface area contributed by atoms with Gasteiger partial charge in [-0.1, -0.05) is 24.3 Å². The van der Waals surface area contributed by atoms with Gasteiger partial charge in [-0.25, -0.2) is 0 Å². The van der Waals surface area contributed by atoms with Crippen molar-refractivity contribution in [1.82, 2.24) is 10.9 Å². The summed E-state index contributed by atoms with van der Waals surface area (Å²) in [6.07, 6.45) is 2.47. The minimum atomic E-state index is -0.737. The molecule has 0 saturated heterocycles. The van der Waals surface area contributed by atoms with Gasteiger partial charge in [0.1, 0.15) is 17.3 Å². The van der Waals surface area contributed by atoms with Crippen LogP contribution in [0.2, 0.25) is 0 Å². The van der Waals surface area contributed by atoms with E-state index < -0.39 is 21.7 Å². The zero-order valence-electron chi connectivity index (χ0n) is 18.2. The summed E-state index contributed by atoms with van der Waals surface area (Å²) >= 11 is 0. The van der Waals surface area contributed by atoms with E-state index in [2.05, 4.69) is 10.9 Å². The van der Waals surface area contributed by atoms with E-state index in [0.29, 0.717) is 22.6 Å². The van der Waals surface area contributed by atoms with Crippen LogP contribution in [-0.4, -0.2) is 21.7 Å². The third kappa shape index (κ3) is 5.51. The Bertz CT molecular complexity index is 1500. The van der Waals surface area contributed by atoms with Crippen LogP contribution in [0.15, 0.2) is 87.7 Å². The van der Waals surface area contributed by atoms with Crippen LogP contribution in [0.3, 0.4) is 0 Å². The highest BCUT2D eigenvalue weighted by Crippen LogP contribution is 2.27. The summed E-state index contributed by atoms with van der Waals surface area (Å²) in [5.41, 5.74) is 5.10. The first-order valence-electron chi connectivity index (χ1n) is 10.3. The molecule has 0 radical (unpaired) electrons. The van der Waals surface area contributed by atoms with Gasteiger partial charge in [-0.2, -0.15) is 0 Å². The molecule has 0 atom stereocenters. The summed E-state index contributed by atoms with van der Waals surface area (Å²) < 4.78 is 11.0. The highest BCUT2D eigenvalue weighted by Gasteiger charge is 2.15. The second kappa shape index (κ2) is 10.2. The molecule has 2 amide bonds. The predicted octanol–water partition coefficient (Wildman–Crippen LogP) is 4.50. The van der Waals surface area contributed by atoms with Crippen LogP contribution in [0.5, 0.6) is 0 Å². The van der Waals surface area contributed by atoms with Crippen LogP contribution >= 0.6 is 0 Å². The van der Waals surface area contributed by atoms with Gasteiger partial charge in [0.25, 0.3) is 17.3 Å². The normalized spacial score (nSPS) is 10.8. The van der Waals surface area contributed by atoms with Gasteiger partial charge in [-0.15, -0.1) is 0 Å².